The second-order valence-electron chi connectivity index (χ2n) is 7.20. The number of aromatic nitrogens is 2. The molecule has 3 nitrogen and oxygen atoms in total. The molecule has 0 fully saturated rings. The van der Waals surface area contributed by atoms with E-state index >= 15 is 0 Å². The highest BCUT2D eigenvalue weighted by Crippen LogP contribution is 2.35. The van der Waals surface area contributed by atoms with Crippen LogP contribution in [0.5, 0.6) is 0 Å². The number of hydrogen-bond donors (Lipinski definition) is 1. The van der Waals surface area contributed by atoms with Crippen molar-refractivity contribution in [3.05, 3.63) is 101 Å². The Morgan fingerprint density at radius 3 is 2.21 bits per heavy atom. The average molecular weight is 465 g/mol. The minimum absolute atomic E-state index is 0.119. The smallest absolute Gasteiger partial charge is 0.373 e. The lowest BCUT2D eigenvalue weighted by Gasteiger charge is -2.22. The lowest BCUT2D eigenvalue weighted by molar-refractivity contribution is -0.141. The molecule has 0 saturated heterocycles. The molecular formula is C23H14F7N3. The minimum Gasteiger partial charge on any atom is -0.373 e. The van der Waals surface area contributed by atoms with Crippen LogP contribution in [0.3, 0.4) is 0 Å². The maximum absolute atomic E-state index is 14.8. The third-order valence-corrected chi connectivity index (χ3v) is 4.97. The number of pyridine rings is 2. The zero-order chi connectivity index (χ0) is 23.8. The Hall–Kier alpha value is -3.69. The molecule has 1 unspecified atom stereocenters. The molecule has 1 N–H and O–H groups in total. The van der Waals surface area contributed by atoms with Gasteiger partial charge in [-0.25, -0.2) is 9.37 Å². The normalized spacial score (nSPS) is 13.2. The first-order valence-corrected chi connectivity index (χ1v) is 9.53. The maximum Gasteiger partial charge on any atom is 0.433 e. The highest BCUT2D eigenvalue weighted by Gasteiger charge is 2.33. The van der Waals surface area contributed by atoms with Crippen LogP contribution in [0.25, 0.3) is 10.9 Å². The summed E-state index contributed by atoms with van der Waals surface area (Å²) in [4.78, 5) is 7.59. The van der Waals surface area contributed by atoms with Crippen LogP contribution in [0.15, 0.2) is 73.1 Å². The van der Waals surface area contributed by atoms with Crippen molar-refractivity contribution in [2.75, 3.05) is 5.32 Å². The van der Waals surface area contributed by atoms with Gasteiger partial charge in [0.1, 0.15) is 11.5 Å². The number of hydrogen-bond acceptors (Lipinski definition) is 3. The molecule has 0 bridgehead atoms. The van der Waals surface area contributed by atoms with Gasteiger partial charge < -0.3 is 5.32 Å². The molecule has 0 aliphatic carbocycles. The fraction of sp³-hybridized carbons (Fsp3) is 0.130. The van der Waals surface area contributed by atoms with Gasteiger partial charge in [-0.15, -0.1) is 0 Å². The van der Waals surface area contributed by atoms with Gasteiger partial charge in [0.25, 0.3) is 0 Å². The van der Waals surface area contributed by atoms with Gasteiger partial charge in [-0.1, -0.05) is 24.3 Å². The van der Waals surface area contributed by atoms with E-state index in [9.17, 15) is 30.7 Å². The molecular weight excluding hydrogens is 451 g/mol. The van der Waals surface area contributed by atoms with Gasteiger partial charge in [-0.05, 0) is 42.0 Å². The van der Waals surface area contributed by atoms with E-state index in [1.54, 1.807) is 36.5 Å². The molecule has 2 heterocycles. The highest BCUT2D eigenvalue weighted by atomic mass is 19.4. The standard InChI is InChI=1S/C23H14F7N3/c24-18-11-15(22(25,26)27)5-7-17(18)21(14-4-3-13-2-1-9-31-19(13)10-14)33-16-6-8-20(32-12-16)23(28,29)30/h1-12,21,33H. The maximum atomic E-state index is 14.8. The van der Waals surface area contributed by atoms with Gasteiger partial charge in [-0.3, -0.25) is 4.98 Å². The van der Waals surface area contributed by atoms with Gasteiger partial charge in [-0.2, -0.15) is 26.3 Å². The van der Waals surface area contributed by atoms with Crippen molar-refractivity contribution in [3.63, 3.8) is 0 Å². The van der Waals surface area contributed by atoms with Crippen molar-refractivity contribution < 1.29 is 30.7 Å². The SMILES string of the molecule is Fc1cc(C(F)(F)F)ccc1C(Nc1ccc(C(F)(F)F)nc1)c1ccc2cccnc2c1. The van der Waals surface area contributed by atoms with Gasteiger partial charge in [0.05, 0.1) is 29.0 Å². The molecule has 0 spiro atoms. The zero-order valence-corrected chi connectivity index (χ0v) is 16.5. The van der Waals surface area contributed by atoms with E-state index in [2.05, 4.69) is 15.3 Å². The average Bonchev–Trinajstić information content (AvgIpc) is 2.76. The van der Waals surface area contributed by atoms with Crippen LogP contribution in [-0.4, -0.2) is 9.97 Å². The number of alkyl halides is 6. The molecule has 2 aromatic heterocycles. The monoisotopic (exact) mass is 465 g/mol. The number of fused-ring (bicyclic) bond motifs is 1. The predicted molar refractivity (Wildman–Crippen MR) is 108 cm³/mol. The summed E-state index contributed by atoms with van der Waals surface area (Å²) >= 11 is 0. The van der Waals surface area contributed by atoms with E-state index in [1.807, 2.05) is 0 Å². The van der Waals surface area contributed by atoms with Gasteiger partial charge in [0.2, 0.25) is 0 Å². The fourth-order valence-electron chi connectivity index (χ4n) is 3.35. The second-order valence-corrected chi connectivity index (χ2v) is 7.20. The molecule has 10 heteroatoms. The third-order valence-electron chi connectivity index (χ3n) is 4.97. The first-order valence-electron chi connectivity index (χ1n) is 9.53. The number of rotatable bonds is 4. The third kappa shape index (κ3) is 4.89. The Balaban J connectivity index is 1.78. The van der Waals surface area contributed by atoms with E-state index in [-0.39, 0.29) is 11.3 Å². The van der Waals surface area contributed by atoms with Crippen LogP contribution in [0.4, 0.5) is 36.4 Å². The Labute approximate surface area is 182 Å². The van der Waals surface area contributed by atoms with Crippen LogP contribution >= 0.6 is 0 Å². The molecule has 0 saturated carbocycles. The number of halogens is 7. The van der Waals surface area contributed by atoms with Gasteiger partial charge in [0, 0.05) is 17.1 Å². The number of benzene rings is 2. The van der Waals surface area contributed by atoms with E-state index in [0.29, 0.717) is 17.1 Å². The highest BCUT2D eigenvalue weighted by molar-refractivity contribution is 5.79. The van der Waals surface area contributed by atoms with Crippen molar-refractivity contribution in [2.24, 2.45) is 0 Å². The lowest BCUT2D eigenvalue weighted by Crippen LogP contribution is -2.16. The minimum atomic E-state index is -4.73. The summed E-state index contributed by atoms with van der Waals surface area (Å²) in [6.07, 6.45) is -6.89. The summed E-state index contributed by atoms with van der Waals surface area (Å²) in [5.41, 5.74) is -1.27. The largest absolute Gasteiger partial charge is 0.433 e. The molecule has 0 radical (unpaired) electrons. The summed E-state index contributed by atoms with van der Waals surface area (Å²) in [7, 11) is 0. The van der Waals surface area contributed by atoms with Crippen molar-refractivity contribution in [1.29, 1.82) is 0 Å². The molecule has 0 aliphatic rings. The summed E-state index contributed by atoms with van der Waals surface area (Å²) < 4.78 is 92.2. The number of nitrogens with one attached hydrogen (secondary N) is 1. The zero-order valence-electron chi connectivity index (χ0n) is 16.5. The van der Waals surface area contributed by atoms with Crippen LogP contribution in [0.1, 0.15) is 28.4 Å². The van der Waals surface area contributed by atoms with Gasteiger partial charge in [0.15, 0.2) is 0 Å². The predicted octanol–water partition coefficient (Wildman–Crippen LogP) is 7.01. The summed E-state index contributed by atoms with van der Waals surface area (Å²) in [6, 6.07) is 11.5. The molecule has 0 amide bonds. The fourth-order valence-corrected chi connectivity index (χ4v) is 3.35. The van der Waals surface area contributed by atoms with Crippen molar-refractivity contribution in [3.8, 4) is 0 Å². The van der Waals surface area contributed by atoms with Crippen molar-refractivity contribution >= 4 is 16.6 Å². The van der Waals surface area contributed by atoms with Crippen LogP contribution in [0.2, 0.25) is 0 Å². The Bertz CT molecular complexity index is 1280. The first kappa shape index (κ1) is 22.5. The van der Waals surface area contributed by atoms with Crippen molar-refractivity contribution in [1.82, 2.24) is 9.97 Å². The molecule has 0 aliphatic heterocycles. The molecule has 4 rings (SSSR count). The number of nitrogens with zero attached hydrogens (tertiary/aromatic N) is 2. The molecule has 2 aromatic carbocycles. The van der Waals surface area contributed by atoms with E-state index in [0.717, 1.165) is 35.8 Å². The Morgan fingerprint density at radius 2 is 1.58 bits per heavy atom. The summed E-state index contributed by atoms with van der Waals surface area (Å²) in [5.74, 6) is -1.12. The first-order chi connectivity index (χ1) is 15.5. The van der Waals surface area contributed by atoms with Crippen molar-refractivity contribution in [2.45, 2.75) is 18.4 Å². The molecule has 1 atom stereocenters. The Morgan fingerprint density at radius 1 is 0.788 bits per heavy atom. The van der Waals surface area contributed by atoms with Crippen LogP contribution in [0, 0.1) is 5.82 Å². The topological polar surface area (TPSA) is 37.8 Å². The van der Waals surface area contributed by atoms with Gasteiger partial charge >= 0.3 is 12.4 Å². The molecule has 4 aromatic rings. The molecule has 170 valence electrons. The molecule has 33 heavy (non-hydrogen) atoms. The summed E-state index contributed by atoms with van der Waals surface area (Å²) in [6.45, 7) is 0. The number of anilines is 1. The second kappa shape index (κ2) is 8.34. The Kier molecular flexibility index (Phi) is 5.69. The quantitative estimate of drug-likeness (QED) is 0.330. The van der Waals surface area contributed by atoms with E-state index in [1.165, 1.54) is 0 Å². The van der Waals surface area contributed by atoms with E-state index in [4.69, 9.17) is 0 Å². The van der Waals surface area contributed by atoms with Crippen LogP contribution < -0.4 is 5.32 Å². The van der Waals surface area contributed by atoms with E-state index < -0.39 is 35.5 Å². The lowest BCUT2D eigenvalue weighted by atomic mass is 9.95. The summed E-state index contributed by atoms with van der Waals surface area (Å²) in [5, 5.41) is 3.66. The van der Waals surface area contributed by atoms with Crippen LogP contribution in [-0.2, 0) is 12.4 Å².